The van der Waals surface area contributed by atoms with Crippen LogP contribution in [0.3, 0.4) is 0 Å². The molecule has 0 radical (unpaired) electrons. The van der Waals surface area contributed by atoms with E-state index in [9.17, 15) is 4.39 Å². The molecule has 0 spiro atoms. The number of benzene rings is 1. The van der Waals surface area contributed by atoms with Gasteiger partial charge in [0, 0.05) is 30.9 Å². The molecule has 7 heteroatoms. The lowest BCUT2D eigenvalue weighted by molar-refractivity contribution is 0.606. The third-order valence-corrected chi connectivity index (χ3v) is 4.93. The highest BCUT2D eigenvalue weighted by Crippen LogP contribution is 2.18. The average molecular weight is 490 g/mol. The Morgan fingerprint density at radius 3 is 2.62 bits per heavy atom. The molecule has 0 bridgehead atoms. The summed E-state index contributed by atoms with van der Waals surface area (Å²) in [5.74, 6) is 0.611. The fourth-order valence-corrected chi connectivity index (χ4v) is 3.55. The molecule has 0 saturated carbocycles. The van der Waals surface area contributed by atoms with E-state index in [-0.39, 0.29) is 29.8 Å². The molecule has 0 aliphatic heterocycles. The molecule has 4 nitrogen and oxygen atoms in total. The lowest BCUT2D eigenvalue weighted by atomic mass is 10.1. The Bertz CT molecular complexity index is 703. The zero-order chi connectivity index (χ0) is 18.1. The van der Waals surface area contributed by atoms with Crippen molar-refractivity contribution in [2.45, 2.75) is 40.0 Å². The number of hydrogen-bond acceptors (Lipinski definition) is 3. The summed E-state index contributed by atoms with van der Waals surface area (Å²) in [4.78, 5) is 10.5. The molecule has 0 aliphatic carbocycles. The van der Waals surface area contributed by atoms with Crippen LogP contribution in [-0.2, 0) is 19.3 Å². The largest absolute Gasteiger partial charge is 0.357 e. The number of nitrogens with one attached hydrogen (secondary N) is 2. The van der Waals surface area contributed by atoms with Gasteiger partial charge in [0.2, 0.25) is 0 Å². The van der Waals surface area contributed by atoms with Crippen LogP contribution in [0.1, 0.15) is 35.0 Å². The van der Waals surface area contributed by atoms with Gasteiger partial charge in [-0.05, 0) is 38.3 Å². The Balaban J connectivity index is 0.00000338. The van der Waals surface area contributed by atoms with Crippen LogP contribution >= 0.6 is 35.3 Å². The Labute approximate surface area is 176 Å². The maximum Gasteiger partial charge on any atom is 0.191 e. The maximum atomic E-state index is 13.6. The lowest BCUT2D eigenvalue weighted by Gasteiger charge is -2.11. The summed E-state index contributed by atoms with van der Waals surface area (Å²) in [7, 11) is 0. The highest BCUT2D eigenvalue weighted by Gasteiger charge is 2.06. The molecule has 0 fully saturated rings. The van der Waals surface area contributed by atoms with E-state index in [1.807, 2.05) is 19.1 Å². The van der Waals surface area contributed by atoms with Crippen LogP contribution in [0.25, 0.3) is 0 Å². The normalized spacial score (nSPS) is 11.2. The maximum absolute atomic E-state index is 13.6. The summed E-state index contributed by atoms with van der Waals surface area (Å²) in [6.07, 6.45) is 2.45. The molecular formula is C19H28FIN4S. The van der Waals surface area contributed by atoms with Crippen molar-refractivity contribution in [2.75, 3.05) is 19.6 Å². The predicted molar refractivity (Wildman–Crippen MR) is 119 cm³/mol. The van der Waals surface area contributed by atoms with Crippen molar-refractivity contribution in [1.82, 2.24) is 15.6 Å². The Morgan fingerprint density at radius 1 is 1.19 bits per heavy atom. The molecule has 1 heterocycles. The summed E-state index contributed by atoms with van der Waals surface area (Å²) in [5.41, 5.74) is 1.91. The van der Waals surface area contributed by atoms with Crippen LogP contribution < -0.4 is 10.6 Å². The van der Waals surface area contributed by atoms with Crippen LogP contribution in [0, 0.1) is 12.7 Å². The van der Waals surface area contributed by atoms with E-state index in [1.54, 1.807) is 17.4 Å². The molecule has 1 aromatic heterocycles. The van der Waals surface area contributed by atoms with Crippen molar-refractivity contribution < 1.29 is 4.39 Å². The van der Waals surface area contributed by atoms with E-state index in [1.165, 1.54) is 16.6 Å². The first-order valence-electron chi connectivity index (χ1n) is 8.84. The van der Waals surface area contributed by atoms with Gasteiger partial charge in [-0.2, -0.15) is 0 Å². The third-order valence-electron chi connectivity index (χ3n) is 3.86. The first-order valence-corrected chi connectivity index (χ1v) is 9.66. The summed E-state index contributed by atoms with van der Waals surface area (Å²) in [6, 6.07) is 6.88. The Kier molecular flexibility index (Phi) is 10.7. The number of halogens is 2. The Hall–Kier alpha value is -1.22. The summed E-state index contributed by atoms with van der Waals surface area (Å²) in [6.45, 7) is 8.41. The molecule has 0 atom stereocenters. The molecule has 2 N–H and O–H groups in total. The summed E-state index contributed by atoms with van der Waals surface area (Å²) < 4.78 is 13.6. The van der Waals surface area contributed by atoms with Gasteiger partial charge in [0.05, 0.1) is 10.7 Å². The number of guanidine groups is 1. The predicted octanol–water partition coefficient (Wildman–Crippen LogP) is 4.11. The molecular weight excluding hydrogens is 462 g/mol. The van der Waals surface area contributed by atoms with Crippen LogP contribution in [0.2, 0.25) is 0 Å². The number of aromatic nitrogens is 1. The minimum atomic E-state index is -0.155. The minimum absolute atomic E-state index is 0. The SMILES string of the molecule is CCNC(=NCCc1nc(CC)c(C)s1)NCCc1ccccc1F.I. The average Bonchev–Trinajstić information content (AvgIpc) is 2.96. The van der Waals surface area contributed by atoms with E-state index >= 15 is 0 Å². The number of hydrogen-bond donors (Lipinski definition) is 2. The van der Waals surface area contributed by atoms with Crippen molar-refractivity contribution in [1.29, 1.82) is 0 Å². The highest BCUT2D eigenvalue weighted by molar-refractivity contribution is 14.0. The molecule has 1 aromatic carbocycles. The van der Waals surface area contributed by atoms with E-state index < -0.39 is 0 Å². The molecule has 26 heavy (non-hydrogen) atoms. The summed E-state index contributed by atoms with van der Waals surface area (Å²) >= 11 is 1.76. The number of nitrogens with zero attached hydrogens (tertiary/aromatic N) is 2. The van der Waals surface area contributed by atoms with Crippen LogP contribution in [0.5, 0.6) is 0 Å². The molecule has 2 aromatic rings. The quantitative estimate of drug-likeness (QED) is 0.333. The van der Waals surface area contributed by atoms with Crippen molar-refractivity contribution in [3.05, 3.63) is 51.2 Å². The number of rotatable bonds is 8. The monoisotopic (exact) mass is 490 g/mol. The van der Waals surface area contributed by atoms with Gasteiger partial charge in [-0.1, -0.05) is 25.1 Å². The number of aryl methyl sites for hydroxylation is 2. The van der Waals surface area contributed by atoms with E-state index in [2.05, 4.69) is 34.5 Å². The number of thiazole rings is 1. The molecule has 2 rings (SSSR count). The van der Waals surface area contributed by atoms with E-state index in [0.717, 1.165) is 35.9 Å². The first kappa shape index (κ1) is 22.8. The second-order valence-electron chi connectivity index (χ2n) is 5.74. The van der Waals surface area contributed by atoms with Gasteiger partial charge in [-0.3, -0.25) is 4.99 Å². The van der Waals surface area contributed by atoms with Gasteiger partial charge in [0.25, 0.3) is 0 Å². The smallest absolute Gasteiger partial charge is 0.191 e. The van der Waals surface area contributed by atoms with Gasteiger partial charge >= 0.3 is 0 Å². The topological polar surface area (TPSA) is 49.3 Å². The molecule has 144 valence electrons. The van der Waals surface area contributed by atoms with Gasteiger partial charge in [-0.15, -0.1) is 35.3 Å². The standard InChI is InChI=1S/C19H27FN4S.HI/c1-4-17-14(3)25-18(24-17)11-13-23-19(21-5-2)22-12-10-15-8-6-7-9-16(15)20;/h6-9H,4-5,10-13H2,1-3H3,(H2,21,22,23);1H. The van der Waals surface area contributed by atoms with Crippen molar-refractivity contribution in [3.8, 4) is 0 Å². The fourth-order valence-electron chi connectivity index (χ4n) is 2.54. The van der Waals surface area contributed by atoms with Gasteiger partial charge in [-0.25, -0.2) is 9.37 Å². The van der Waals surface area contributed by atoms with Crippen molar-refractivity contribution >= 4 is 41.3 Å². The summed E-state index contributed by atoms with van der Waals surface area (Å²) in [5, 5.41) is 7.63. The number of aliphatic imine (C=N–C) groups is 1. The minimum Gasteiger partial charge on any atom is -0.357 e. The third kappa shape index (κ3) is 7.19. The molecule has 0 unspecified atom stereocenters. The van der Waals surface area contributed by atoms with Crippen molar-refractivity contribution in [3.63, 3.8) is 0 Å². The zero-order valence-corrected chi connectivity index (χ0v) is 18.8. The van der Waals surface area contributed by atoms with Gasteiger partial charge in [0.15, 0.2) is 5.96 Å². The van der Waals surface area contributed by atoms with Crippen molar-refractivity contribution in [2.24, 2.45) is 4.99 Å². The van der Waals surface area contributed by atoms with Crippen LogP contribution in [-0.4, -0.2) is 30.6 Å². The van der Waals surface area contributed by atoms with Gasteiger partial charge in [0.1, 0.15) is 5.82 Å². The molecule has 0 amide bonds. The zero-order valence-electron chi connectivity index (χ0n) is 15.6. The second-order valence-corrected chi connectivity index (χ2v) is 7.03. The second kappa shape index (κ2) is 12.2. The van der Waals surface area contributed by atoms with Crippen LogP contribution in [0.15, 0.2) is 29.3 Å². The van der Waals surface area contributed by atoms with E-state index in [4.69, 9.17) is 0 Å². The fraction of sp³-hybridized carbons (Fsp3) is 0.474. The van der Waals surface area contributed by atoms with Crippen LogP contribution in [0.4, 0.5) is 4.39 Å². The first-order chi connectivity index (χ1) is 12.1. The Morgan fingerprint density at radius 2 is 1.96 bits per heavy atom. The van der Waals surface area contributed by atoms with E-state index in [0.29, 0.717) is 19.5 Å². The molecule has 0 saturated heterocycles. The molecule has 0 aliphatic rings. The van der Waals surface area contributed by atoms with Gasteiger partial charge < -0.3 is 10.6 Å². The lowest BCUT2D eigenvalue weighted by Crippen LogP contribution is -2.38. The highest BCUT2D eigenvalue weighted by atomic mass is 127.